The molecule has 5 heteroatoms. The first-order valence-corrected chi connectivity index (χ1v) is 5.89. The number of anilines is 1. The summed E-state index contributed by atoms with van der Waals surface area (Å²) in [5.74, 6) is 1.01. The summed E-state index contributed by atoms with van der Waals surface area (Å²) in [5, 5.41) is 0. The predicted molar refractivity (Wildman–Crippen MR) is 61.4 cm³/mol. The Morgan fingerprint density at radius 3 is 2.44 bits per heavy atom. The van der Waals surface area contributed by atoms with Gasteiger partial charge < -0.3 is 5.73 Å². The summed E-state index contributed by atoms with van der Waals surface area (Å²) in [7, 11) is 0. The molecule has 0 aliphatic carbocycles. The molecule has 0 unspecified atom stereocenters. The van der Waals surface area contributed by atoms with Crippen molar-refractivity contribution >= 4 is 17.4 Å². The van der Waals surface area contributed by atoms with Gasteiger partial charge in [-0.2, -0.15) is 13.2 Å². The van der Waals surface area contributed by atoms with Gasteiger partial charge >= 0.3 is 6.18 Å². The number of hydrogen-bond acceptors (Lipinski definition) is 2. The van der Waals surface area contributed by atoms with E-state index >= 15 is 0 Å². The van der Waals surface area contributed by atoms with Gasteiger partial charge in [-0.15, -0.1) is 11.8 Å². The molecule has 0 saturated carbocycles. The minimum Gasteiger partial charge on any atom is -0.399 e. The zero-order valence-corrected chi connectivity index (χ0v) is 9.95. The standard InChI is InChI=1S/C11H14F3NS/c1-7(2)6-16-10-4-3-8(15)5-9(10)11(12,13)14/h3-5,7H,6,15H2,1-2H3. The maximum atomic E-state index is 12.7. The molecule has 0 heterocycles. The van der Waals surface area contributed by atoms with Gasteiger partial charge in [-0.1, -0.05) is 13.8 Å². The lowest BCUT2D eigenvalue weighted by Gasteiger charge is -2.13. The molecule has 0 spiro atoms. The highest BCUT2D eigenvalue weighted by atomic mass is 32.2. The van der Waals surface area contributed by atoms with Crippen molar-refractivity contribution in [2.45, 2.75) is 24.9 Å². The molecule has 0 fully saturated rings. The van der Waals surface area contributed by atoms with Gasteiger partial charge in [0.05, 0.1) is 5.56 Å². The number of benzene rings is 1. The zero-order valence-electron chi connectivity index (χ0n) is 9.14. The molecule has 0 radical (unpaired) electrons. The van der Waals surface area contributed by atoms with Crippen LogP contribution in [0.3, 0.4) is 0 Å². The highest BCUT2D eigenvalue weighted by Gasteiger charge is 2.33. The van der Waals surface area contributed by atoms with Gasteiger partial charge in [0.2, 0.25) is 0 Å². The van der Waals surface area contributed by atoms with Gasteiger partial charge in [-0.3, -0.25) is 0 Å². The Hall–Kier alpha value is -0.840. The van der Waals surface area contributed by atoms with Crippen molar-refractivity contribution in [3.8, 4) is 0 Å². The van der Waals surface area contributed by atoms with Crippen molar-refractivity contribution in [3.05, 3.63) is 23.8 Å². The Bertz CT molecular complexity index is 361. The van der Waals surface area contributed by atoms with E-state index in [9.17, 15) is 13.2 Å². The molecule has 0 aromatic heterocycles. The molecule has 1 aromatic rings. The summed E-state index contributed by atoms with van der Waals surface area (Å²) >= 11 is 1.22. The molecule has 0 bridgehead atoms. The van der Waals surface area contributed by atoms with Crippen LogP contribution in [0, 0.1) is 5.92 Å². The fourth-order valence-electron chi connectivity index (χ4n) is 1.15. The van der Waals surface area contributed by atoms with Crippen molar-refractivity contribution in [2.24, 2.45) is 5.92 Å². The monoisotopic (exact) mass is 249 g/mol. The largest absolute Gasteiger partial charge is 0.417 e. The van der Waals surface area contributed by atoms with Crippen molar-refractivity contribution in [1.29, 1.82) is 0 Å². The Labute approximate surface area is 97.2 Å². The van der Waals surface area contributed by atoms with E-state index in [1.165, 1.54) is 23.9 Å². The van der Waals surface area contributed by atoms with Crippen molar-refractivity contribution in [3.63, 3.8) is 0 Å². The molecular weight excluding hydrogens is 235 g/mol. The summed E-state index contributed by atoms with van der Waals surface area (Å²) in [4.78, 5) is 0.246. The Morgan fingerprint density at radius 2 is 1.94 bits per heavy atom. The van der Waals surface area contributed by atoms with Gasteiger partial charge in [-0.25, -0.2) is 0 Å². The number of alkyl halides is 3. The van der Waals surface area contributed by atoms with E-state index in [1.807, 2.05) is 13.8 Å². The van der Waals surface area contributed by atoms with Crippen LogP contribution in [-0.2, 0) is 6.18 Å². The van der Waals surface area contributed by atoms with Gasteiger partial charge in [0.15, 0.2) is 0 Å². The Balaban J connectivity index is 2.99. The molecule has 0 saturated heterocycles. The van der Waals surface area contributed by atoms with Crippen LogP contribution in [-0.4, -0.2) is 5.75 Å². The van der Waals surface area contributed by atoms with E-state index in [1.54, 1.807) is 0 Å². The smallest absolute Gasteiger partial charge is 0.399 e. The normalized spacial score (nSPS) is 12.1. The van der Waals surface area contributed by atoms with E-state index in [-0.39, 0.29) is 10.6 Å². The number of thioether (sulfide) groups is 1. The minimum atomic E-state index is -4.34. The van der Waals surface area contributed by atoms with Crippen LogP contribution >= 0.6 is 11.8 Å². The molecule has 16 heavy (non-hydrogen) atoms. The van der Waals surface area contributed by atoms with E-state index < -0.39 is 11.7 Å². The summed E-state index contributed by atoms with van der Waals surface area (Å²) in [6.45, 7) is 3.94. The number of nitrogen functional groups attached to an aromatic ring is 1. The number of hydrogen-bond donors (Lipinski definition) is 1. The summed E-state index contributed by atoms with van der Waals surface area (Å²) in [6, 6.07) is 3.92. The fourth-order valence-corrected chi connectivity index (χ4v) is 2.16. The molecule has 0 aliphatic heterocycles. The summed E-state index contributed by atoms with van der Waals surface area (Å²) < 4.78 is 38.1. The second-order valence-electron chi connectivity index (χ2n) is 3.96. The van der Waals surface area contributed by atoms with Crippen LogP contribution in [0.15, 0.2) is 23.1 Å². The second-order valence-corrected chi connectivity index (χ2v) is 5.02. The SMILES string of the molecule is CC(C)CSc1ccc(N)cc1C(F)(F)F. The van der Waals surface area contributed by atoms with Crippen molar-refractivity contribution < 1.29 is 13.2 Å². The van der Waals surface area contributed by atoms with E-state index in [0.29, 0.717) is 11.7 Å². The van der Waals surface area contributed by atoms with Crippen LogP contribution in [0.5, 0.6) is 0 Å². The van der Waals surface area contributed by atoms with Gasteiger partial charge in [0.25, 0.3) is 0 Å². The lowest BCUT2D eigenvalue weighted by atomic mass is 10.2. The van der Waals surface area contributed by atoms with Crippen LogP contribution in [0.2, 0.25) is 0 Å². The molecule has 1 rings (SSSR count). The number of rotatable bonds is 3. The number of nitrogens with two attached hydrogens (primary N) is 1. The molecule has 90 valence electrons. The van der Waals surface area contributed by atoms with Gasteiger partial charge in [-0.05, 0) is 24.1 Å². The van der Waals surface area contributed by atoms with Crippen LogP contribution in [0.1, 0.15) is 19.4 Å². The average Bonchev–Trinajstić information content (AvgIpc) is 2.14. The quantitative estimate of drug-likeness (QED) is 0.646. The third-order valence-corrected chi connectivity index (χ3v) is 3.38. The second kappa shape index (κ2) is 4.99. The van der Waals surface area contributed by atoms with Crippen molar-refractivity contribution in [2.75, 3.05) is 11.5 Å². The molecule has 1 nitrogen and oxygen atoms in total. The molecule has 2 N–H and O–H groups in total. The third kappa shape index (κ3) is 3.63. The minimum absolute atomic E-state index is 0.140. The molecule has 1 aromatic carbocycles. The van der Waals surface area contributed by atoms with Crippen LogP contribution < -0.4 is 5.73 Å². The highest BCUT2D eigenvalue weighted by Crippen LogP contribution is 2.38. The fraction of sp³-hybridized carbons (Fsp3) is 0.455. The zero-order chi connectivity index (χ0) is 12.3. The van der Waals surface area contributed by atoms with E-state index in [0.717, 1.165) is 6.07 Å². The first-order valence-electron chi connectivity index (χ1n) is 4.90. The number of halogens is 3. The van der Waals surface area contributed by atoms with Gasteiger partial charge in [0, 0.05) is 16.3 Å². The molecular formula is C11H14F3NS. The maximum absolute atomic E-state index is 12.7. The Morgan fingerprint density at radius 1 is 1.31 bits per heavy atom. The highest BCUT2D eigenvalue weighted by molar-refractivity contribution is 7.99. The van der Waals surface area contributed by atoms with Gasteiger partial charge in [0.1, 0.15) is 0 Å². The topological polar surface area (TPSA) is 26.0 Å². The van der Waals surface area contributed by atoms with E-state index in [2.05, 4.69) is 0 Å². The lowest BCUT2D eigenvalue weighted by molar-refractivity contribution is -0.139. The summed E-state index contributed by atoms with van der Waals surface area (Å²) in [5.41, 5.74) is 4.87. The maximum Gasteiger partial charge on any atom is 0.417 e. The Kier molecular flexibility index (Phi) is 4.13. The van der Waals surface area contributed by atoms with Crippen molar-refractivity contribution in [1.82, 2.24) is 0 Å². The van der Waals surface area contributed by atoms with Crippen LogP contribution in [0.25, 0.3) is 0 Å². The third-order valence-electron chi connectivity index (χ3n) is 1.88. The molecule has 0 atom stereocenters. The first-order chi connectivity index (χ1) is 7.30. The lowest BCUT2D eigenvalue weighted by Crippen LogP contribution is -2.08. The van der Waals surface area contributed by atoms with Crippen LogP contribution in [0.4, 0.5) is 18.9 Å². The first kappa shape index (κ1) is 13.2. The predicted octanol–water partition coefficient (Wildman–Crippen LogP) is 4.04. The van der Waals surface area contributed by atoms with E-state index in [4.69, 9.17) is 5.73 Å². The molecule has 0 aliphatic rings. The summed E-state index contributed by atoms with van der Waals surface area (Å²) in [6.07, 6.45) is -4.34. The molecule has 0 amide bonds. The average molecular weight is 249 g/mol.